The van der Waals surface area contributed by atoms with Crippen LogP contribution >= 0.6 is 0 Å². The fourth-order valence-electron chi connectivity index (χ4n) is 2.25. The number of hydrogen-bond acceptors (Lipinski definition) is 3. The first-order chi connectivity index (χ1) is 11.1. The molecule has 1 aromatic carbocycles. The summed E-state index contributed by atoms with van der Waals surface area (Å²) in [5.74, 6) is 1.03. The van der Waals surface area contributed by atoms with Crippen LogP contribution in [-0.4, -0.2) is 11.8 Å². The van der Waals surface area contributed by atoms with E-state index in [2.05, 4.69) is 10.6 Å². The lowest BCUT2D eigenvalue weighted by Crippen LogP contribution is -2.27. The Morgan fingerprint density at radius 2 is 1.67 bits per heavy atom. The average molecular weight is 328 g/mol. The van der Waals surface area contributed by atoms with E-state index >= 15 is 0 Å². The third-order valence-corrected chi connectivity index (χ3v) is 3.70. The van der Waals surface area contributed by atoms with E-state index in [1.165, 1.54) is 0 Å². The molecule has 1 heterocycles. The highest BCUT2D eigenvalue weighted by atomic mass is 16.3. The number of rotatable bonds is 3. The zero-order valence-corrected chi connectivity index (χ0v) is 15.0. The molecular formula is C19H24N2O3. The molecule has 0 saturated heterocycles. The van der Waals surface area contributed by atoms with Crippen molar-refractivity contribution in [3.05, 3.63) is 46.9 Å². The number of anilines is 2. The molecule has 2 rings (SSSR count). The molecule has 24 heavy (non-hydrogen) atoms. The molecule has 0 fully saturated rings. The maximum Gasteiger partial charge on any atom is 0.259 e. The molecular weight excluding hydrogens is 304 g/mol. The predicted octanol–water partition coefficient (Wildman–Crippen LogP) is 4.44. The summed E-state index contributed by atoms with van der Waals surface area (Å²) in [7, 11) is 0. The molecule has 2 N–H and O–H groups in total. The number of nitrogens with one attached hydrogen (secondary N) is 2. The zero-order valence-electron chi connectivity index (χ0n) is 15.0. The van der Waals surface area contributed by atoms with Crippen molar-refractivity contribution >= 4 is 23.2 Å². The van der Waals surface area contributed by atoms with Gasteiger partial charge in [0.2, 0.25) is 5.91 Å². The van der Waals surface area contributed by atoms with Crippen LogP contribution < -0.4 is 10.6 Å². The lowest BCUT2D eigenvalue weighted by Gasteiger charge is -2.19. The van der Waals surface area contributed by atoms with E-state index in [1.807, 2.05) is 33.8 Å². The Kier molecular flexibility index (Phi) is 4.83. The van der Waals surface area contributed by atoms with Crippen molar-refractivity contribution in [1.82, 2.24) is 0 Å². The van der Waals surface area contributed by atoms with Crippen molar-refractivity contribution in [2.24, 2.45) is 5.41 Å². The second kappa shape index (κ2) is 6.51. The van der Waals surface area contributed by atoms with E-state index in [4.69, 9.17) is 4.42 Å². The first-order valence-electron chi connectivity index (χ1n) is 7.88. The number of hydrogen-bond donors (Lipinski definition) is 2. The van der Waals surface area contributed by atoms with E-state index < -0.39 is 5.41 Å². The zero-order chi connectivity index (χ0) is 18.1. The third kappa shape index (κ3) is 4.04. The molecule has 0 aliphatic rings. The molecule has 2 aromatic rings. The van der Waals surface area contributed by atoms with Crippen LogP contribution in [0.2, 0.25) is 0 Å². The number of furan rings is 1. The van der Waals surface area contributed by atoms with Gasteiger partial charge in [0, 0.05) is 16.8 Å². The minimum Gasteiger partial charge on any atom is -0.466 e. The third-order valence-electron chi connectivity index (χ3n) is 3.70. The van der Waals surface area contributed by atoms with E-state index in [1.54, 1.807) is 32.0 Å². The van der Waals surface area contributed by atoms with E-state index in [-0.39, 0.29) is 11.8 Å². The molecule has 0 atom stereocenters. The highest BCUT2D eigenvalue weighted by molar-refractivity contribution is 6.05. The van der Waals surface area contributed by atoms with Gasteiger partial charge in [0.25, 0.3) is 5.91 Å². The summed E-state index contributed by atoms with van der Waals surface area (Å²) in [6, 6.07) is 7.11. The number of carbonyl (C=O) groups is 2. The smallest absolute Gasteiger partial charge is 0.259 e. The average Bonchev–Trinajstić information content (AvgIpc) is 2.79. The first kappa shape index (κ1) is 17.8. The molecule has 1 aromatic heterocycles. The van der Waals surface area contributed by atoms with Crippen molar-refractivity contribution in [2.75, 3.05) is 10.6 Å². The van der Waals surface area contributed by atoms with Gasteiger partial charge in [-0.2, -0.15) is 0 Å². The fourth-order valence-corrected chi connectivity index (χ4v) is 2.25. The largest absolute Gasteiger partial charge is 0.466 e. The Labute approximate surface area is 142 Å². The van der Waals surface area contributed by atoms with Gasteiger partial charge < -0.3 is 15.1 Å². The summed E-state index contributed by atoms with van der Waals surface area (Å²) in [6.07, 6.45) is 0. The van der Waals surface area contributed by atoms with Gasteiger partial charge in [0.15, 0.2) is 0 Å². The minimum absolute atomic E-state index is 0.0492. The Hall–Kier alpha value is -2.56. The summed E-state index contributed by atoms with van der Waals surface area (Å²) < 4.78 is 5.38. The van der Waals surface area contributed by atoms with Crippen LogP contribution in [0.15, 0.2) is 28.7 Å². The van der Waals surface area contributed by atoms with Crippen LogP contribution in [-0.2, 0) is 4.79 Å². The topological polar surface area (TPSA) is 71.3 Å². The van der Waals surface area contributed by atoms with Crippen LogP contribution in [0.25, 0.3) is 0 Å². The van der Waals surface area contributed by atoms with Crippen LogP contribution in [0.3, 0.4) is 0 Å². The van der Waals surface area contributed by atoms with E-state index in [0.29, 0.717) is 22.8 Å². The molecule has 5 heteroatoms. The molecule has 0 radical (unpaired) electrons. The van der Waals surface area contributed by atoms with Gasteiger partial charge >= 0.3 is 0 Å². The normalized spacial score (nSPS) is 11.2. The van der Waals surface area contributed by atoms with Gasteiger partial charge in [0.05, 0.1) is 5.56 Å². The van der Waals surface area contributed by atoms with E-state index in [9.17, 15) is 9.59 Å². The van der Waals surface area contributed by atoms with Crippen molar-refractivity contribution in [2.45, 2.75) is 41.5 Å². The lowest BCUT2D eigenvalue weighted by atomic mass is 9.95. The van der Waals surface area contributed by atoms with Gasteiger partial charge in [-0.25, -0.2) is 0 Å². The Morgan fingerprint density at radius 3 is 2.17 bits per heavy atom. The first-order valence-corrected chi connectivity index (χ1v) is 7.88. The molecule has 0 aliphatic carbocycles. The van der Waals surface area contributed by atoms with Crippen molar-refractivity contribution in [1.29, 1.82) is 0 Å². The lowest BCUT2D eigenvalue weighted by molar-refractivity contribution is -0.123. The second-order valence-electron chi connectivity index (χ2n) is 7.01. The van der Waals surface area contributed by atoms with Gasteiger partial charge in [-0.15, -0.1) is 0 Å². The summed E-state index contributed by atoms with van der Waals surface area (Å²) in [5, 5.41) is 5.76. The number of benzene rings is 1. The van der Waals surface area contributed by atoms with Crippen LogP contribution in [0.5, 0.6) is 0 Å². The Morgan fingerprint density at radius 1 is 1.00 bits per heavy atom. The number of aryl methyl sites for hydroxylation is 3. The Balaban J connectivity index is 2.14. The minimum atomic E-state index is -0.462. The summed E-state index contributed by atoms with van der Waals surface area (Å²) >= 11 is 0. The van der Waals surface area contributed by atoms with Crippen LogP contribution in [0.4, 0.5) is 11.4 Å². The molecule has 0 spiro atoms. The second-order valence-corrected chi connectivity index (χ2v) is 7.01. The Bertz CT molecular complexity index is 782. The van der Waals surface area contributed by atoms with Crippen LogP contribution in [0.1, 0.15) is 48.2 Å². The highest BCUT2D eigenvalue weighted by Gasteiger charge is 2.21. The predicted molar refractivity (Wildman–Crippen MR) is 95.4 cm³/mol. The summed E-state index contributed by atoms with van der Waals surface area (Å²) in [5.41, 5.74) is 2.35. The van der Waals surface area contributed by atoms with Crippen molar-refractivity contribution in [3.63, 3.8) is 0 Å². The summed E-state index contributed by atoms with van der Waals surface area (Å²) in [4.78, 5) is 24.4. The van der Waals surface area contributed by atoms with Gasteiger partial charge in [-0.05, 0) is 50.6 Å². The van der Waals surface area contributed by atoms with Crippen LogP contribution in [0, 0.1) is 26.2 Å². The van der Waals surface area contributed by atoms with Crippen molar-refractivity contribution < 1.29 is 14.0 Å². The van der Waals surface area contributed by atoms with Gasteiger partial charge in [-0.1, -0.05) is 20.8 Å². The molecule has 0 saturated carbocycles. The van der Waals surface area contributed by atoms with Gasteiger partial charge in [-0.3, -0.25) is 9.59 Å². The summed E-state index contributed by atoms with van der Waals surface area (Å²) in [6.45, 7) is 11.0. The number of carbonyl (C=O) groups excluding carboxylic acids is 2. The molecule has 5 nitrogen and oxygen atoms in total. The molecule has 0 unspecified atom stereocenters. The molecule has 0 aliphatic heterocycles. The van der Waals surface area contributed by atoms with Crippen molar-refractivity contribution in [3.8, 4) is 0 Å². The molecule has 128 valence electrons. The maximum absolute atomic E-state index is 12.3. The highest BCUT2D eigenvalue weighted by Crippen LogP contribution is 2.24. The maximum atomic E-state index is 12.3. The fraction of sp³-hybridized carbons (Fsp3) is 0.368. The molecule has 2 amide bonds. The standard InChI is InChI=1S/C19H24N2O3/c1-11-9-14(7-8-16(11)21-18(23)19(4,5)6)20-17(22)15-10-12(2)24-13(15)3/h7-10H,1-6H3,(H,20,22)(H,21,23). The monoisotopic (exact) mass is 328 g/mol. The molecule has 0 bridgehead atoms. The van der Waals surface area contributed by atoms with E-state index in [0.717, 1.165) is 11.3 Å². The van der Waals surface area contributed by atoms with Gasteiger partial charge in [0.1, 0.15) is 11.5 Å². The SMILES string of the molecule is Cc1cc(C(=O)Nc2ccc(NC(=O)C(C)(C)C)c(C)c2)c(C)o1. The number of amides is 2. The quantitative estimate of drug-likeness (QED) is 0.875.